The molecule has 0 bridgehead atoms. The summed E-state index contributed by atoms with van der Waals surface area (Å²) < 4.78 is 0. The molecule has 8 heteroatoms. The molecule has 0 spiro atoms. The van der Waals surface area contributed by atoms with Gasteiger partial charge in [0.15, 0.2) is 5.01 Å². The quantitative estimate of drug-likeness (QED) is 0.791. The minimum Gasteiger partial charge on any atom is -0.506 e. The van der Waals surface area contributed by atoms with E-state index in [4.69, 9.17) is 40.5 Å². The second kappa shape index (κ2) is 4.25. The number of hydrogen-bond donors (Lipinski definition) is 2. The fourth-order valence-electron chi connectivity index (χ4n) is 1.12. The third kappa shape index (κ3) is 1.91. The molecule has 4 nitrogen and oxygen atoms in total. The summed E-state index contributed by atoms with van der Waals surface area (Å²) in [4.78, 5) is 0. The Bertz CT molecular complexity index is 531. The number of hydrogen-bond acceptors (Lipinski definition) is 5. The molecule has 2 rings (SSSR count). The van der Waals surface area contributed by atoms with Crippen LogP contribution in [-0.2, 0) is 0 Å². The van der Waals surface area contributed by atoms with Gasteiger partial charge in [-0.1, -0.05) is 46.1 Å². The van der Waals surface area contributed by atoms with Gasteiger partial charge in [0.1, 0.15) is 5.75 Å². The summed E-state index contributed by atoms with van der Waals surface area (Å²) >= 11 is 18.7. The summed E-state index contributed by atoms with van der Waals surface area (Å²) in [5.41, 5.74) is 5.69. The van der Waals surface area contributed by atoms with Gasteiger partial charge in [0.05, 0.1) is 20.6 Å². The maximum atomic E-state index is 9.79. The molecule has 0 aliphatic heterocycles. The van der Waals surface area contributed by atoms with E-state index in [2.05, 4.69) is 10.2 Å². The molecule has 0 saturated heterocycles. The number of aromatic nitrogens is 2. The standard InChI is InChI=1S/C8H4Cl3N3OS/c9-2-1-3(10)6(15)4(5(2)11)7-13-14-8(12)16-7/h1,15H,(H2,12,14). The first kappa shape index (κ1) is 11.7. The summed E-state index contributed by atoms with van der Waals surface area (Å²) in [7, 11) is 0. The minimum absolute atomic E-state index is 0.0955. The number of nitrogens with two attached hydrogens (primary N) is 1. The first-order valence-corrected chi connectivity index (χ1v) is 5.91. The van der Waals surface area contributed by atoms with Crippen LogP contribution in [0.3, 0.4) is 0 Å². The molecule has 0 unspecified atom stereocenters. The lowest BCUT2D eigenvalue weighted by atomic mass is 10.2. The van der Waals surface area contributed by atoms with Gasteiger partial charge in [-0.2, -0.15) is 0 Å². The van der Waals surface area contributed by atoms with Crippen molar-refractivity contribution in [2.75, 3.05) is 5.73 Å². The molecule has 0 aliphatic rings. The molecule has 16 heavy (non-hydrogen) atoms. The summed E-state index contributed by atoms with van der Waals surface area (Å²) in [6.07, 6.45) is 0. The normalized spacial score (nSPS) is 10.7. The van der Waals surface area contributed by atoms with E-state index in [9.17, 15) is 5.11 Å². The highest BCUT2D eigenvalue weighted by molar-refractivity contribution is 7.18. The van der Waals surface area contributed by atoms with Gasteiger partial charge in [0.2, 0.25) is 5.13 Å². The van der Waals surface area contributed by atoms with Crippen LogP contribution in [-0.4, -0.2) is 15.3 Å². The zero-order valence-corrected chi connectivity index (χ0v) is 10.6. The molecule has 0 radical (unpaired) electrons. The number of halogens is 3. The highest BCUT2D eigenvalue weighted by Crippen LogP contribution is 2.45. The third-order valence-electron chi connectivity index (χ3n) is 1.80. The van der Waals surface area contributed by atoms with Crippen molar-refractivity contribution in [2.45, 2.75) is 0 Å². The Kier molecular flexibility index (Phi) is 3.12. The molecule has 0 atom stereocenters. The van der Waals surface area contributed by atoms with Crippen LogP contribution in [0.15, 0.2) is 6.07 Å². The average Bonchev–Trinajstić information content (AvgIpc) is 2.62. The van der Waals surface area contributed by atoms with E-state index in [0.717, 1.165) is 11.3 Å². The average molecular weight is 297 g/mol. The Hall–Kier alpha value is -0.750. The largest absolute Gasteiger partial charge is 0.506 e. The lowest BCUT2D eigenvalue weighted by molar-refractivity contribution is 0.477. The first-order valence-electron chi connectivity index (χ1n) is 3.96. The highest BCUT2D eigenvalue weighted by atomic mass is 35.5. The molecule has 0 amide bonds. The van der Waals surface area contributed by atoms with Crippen molar-refractivity contribution >= 4 is 51.3 Å². The maximum Gasteiger partial charge on any atom is 0.203 e. The summed E-state index contributed by atoms with van der Waals surface area (Å²) in [6, 6.07) is 1.36. The van der Waals surface area contributed by atoms with Gasteiger partial charge in [-0.15, -0.1) is 10.2 Å². The van der Waals surface area contributed by atoms with Crippen molar-refractivity contribution in [1.82, 2.24) is 10.2 Å². The lowest BCUT2D eigenvalue weighted by Gasteiger charge is -2.06. The fourth-order valence-corrected chi connectivity index (χ4v) is 2.53. The molecule has 3 N–H and O–H groups in total. The molecule has 1 aromatic heterocycles. The highest BCUT2D eigenvalue weighted by Gasteiger charge is 2.19. The molecule has 1 aromatic carbocycles. The first-order chi connectivity index (χ1) is 7.50. The lowest BCUT2D eigenvalue weighted by Crippen LogP contribution is -1.83. The Morgan fingerprint density at radius 2 is 1.88 bits per heavy atom. The molecule has 0 saturated carbocycles. The van der Waals surface area contributed by atoms with E-state index < -0.39 is 0 Å². The predicted octanol–water partition coefficient (Wildman–Crippen LogP) is 3.45. The third-order valence-corrected chi connectivity index (χ3v) is 3.65. The van der Waals surface area contributed by atoms with Gasteiger partial charge < -0.3 is 10.8 Å². The zero-order chi connectivity index (χ0) is 11.9. The Morgan fingerprint density at radius 3 is 2.44 bits per heavy atom. The van der Waals surface area contributed by atoms with Crippen LogP contribution in [0.1, 0.15) is 0 Å². The Balaban J connectivity index is 2.73. The second-order valence-electron chi connectivity index (χ2n) is 2.82. The molecular formula is C8H4Cl3N3OS. The zero-order valence-electron chi connectivity index (χ0n) is 7.54. The summed E-state index contributed by atoms with van der Waals surface area (Å²) in [5.74, 6) is -0.188. The molecular weight excluding hydrogens is 293 g/mol. The van der Waals surface area contributed by atoms with Gasteiger partial charge >= 0.3 is 0 Å². The number of nitrogen functional groups attached to an aromatic ring is 1. The summed E-state index contributed by atoms with van der Waals surface area (Å²) in [6.45, 7) is 0. The number of phenols is 1. The number of aromatic hydroxyl groups is 1. The van der Waals surface area contributed by atoms with Crippen LogP contribution in [0.25, 0.3) is 10.6 Å². The van der Waals surface area contributed by atoms with Gasteiger partial charge in [-0.05, 0) is 6.07 Å². The Labute approximate surface area is 110 Å². The van der Waals surface area contributed by atoms with Gasteiger partial charge in [-0.25, -0.2) is 0 Å². The number of phenolic OH excluding ortho intramolecular Hbond substituents is 1. The monoisotopic (exact) mass is 295 g/mol. The van der Waals surface area contributed by atoms with Crippen molar-refractivity contribution in [2.24, 2.45) is 0 Å². The predicted molar refractivity (Wildman–Crippen MR) is 66.5 cm³/mol. The number of nitrogens with zero attached hydrogens (tertiary/aromatic N) is 2. The fraction of sp³-hybridized carbons (Fsp3) is 0. The number of anilines is 1. The van der Waals surface area contributed by atoms with E-state index in [0.29, 0.717) is 5.01 Å². The van der Waals surface area contributed by atoms with Crippen molar-refractivity contribution in [3.05, 3.63) is 21.1 Å². The van der Waals surface area contributed by atoms with Crippen LogP contribution < -0.4 is 5.73 Å². The van der Waals surface area contributed by atoms with Crippen LogP contribution in [0.5, 0.6) is 5.75 Å². The second-order valence-corrected chi connectivity index (χ2v) is 5.02. The van der Waals surface area contributed by atoms with Gasteiger partial charge in [0, 0.05) is 0 Å². The minimum atomic E-state index is -0.188. The van der Waals surface area contributed by atoms with Crippen LogP contribution in [0, 0.1) is 0 Å². The van der Waals surface area contributed by atoms with E-state index in [1.165, 1.54) is 6.07 Å². The molecule has 1 heterocycles. The molecule has 0 fully saturated rings. The number of rotatable bonds is 1. The van der Waals surface area contributed by atoms with E-state index in [1.807, 2.05) is 0 Å². The SMILES string of the molecule is Nc1nnc(-c2c(O)c(Cl)cc(Cl)c2Cl)s1. The van der Waals surface area contributed by atoms with Crippen molar-refractivity contribution in [1.29, 1.82) is 0 Å². The van der Waals surface area contributed by atoms with E-state index >= 15 is 0 Å². The van der Waals surface area contributed by atoms with E-state index in [-0.39, 0.29) is 31.5 Å². The van der Waals surface area contributed by atoms with Crippen LogP contribution >= 0.6 is 46.1 Å². The molecule has 84 valence electrons. The molecule has 2 aromatic rings. The van der Waals surface area contributed by atoms with Gasteiger partial charge in [-0.3, -0.25) is 0 Å². The van der Waals surface area contributed by atoms with E-state index in [1.54, 1.807) is 0 Å². The maximum absolute atomic E-state index is 9.79. The smallest absolute Gasteiger partial charge is 0.203 e. The topological polar surface area (TPSA) is 72.0 Å². The number of benzene rings is 1. The van der Waals surface area contributed by atoms with Crippen molar-refractivity contribution in [3.8, 4) is 16.3 Å². The summed E-state index contributed by atoms with van der Waals surface area (Å²) in [5, 5.41) is 18.3. The van der Waals surface area contributed by atoms with Gasteiger partial charge in [0.25, 0.3) is 0 Å². The Morgan fingerprint density at radius 1 is 1.19 bits per heavy atom. The molecule has 0 aliphatic carbocycles. The van der Waals surface area contributed by atoms with Crippen molar-refractivity contribution < 1.29 is 5.11 Å². The van der Waals surface area contributed by atoms with Crippen molar-refractivity contribution in [3.63, 3.8) is 0 Å². The van der Waals surface area contributed by atoms with Crippen LogP contribution in [0.4, 0.5) is 5.13 Å². The van der Waals surface area contributed by atoms with Crippen LogP contribution in [0.2, 0.25) is 15.1 Å².